The first-order valence-corrected chi connectivity index (χ1v) is 5.34. The molecule has 1 aromatic carbocycles. The molecule has 0 aliphatic rings. The van der Waals surface area contributed by atoms with Gasteiger partial charge in [-0.15, -0.1) is 0 Å². The van der Waals surface area contributed by atoms with Crippen molar-refractivity contribution >= 4 is 34.8 Å². The Morgan fingerprint density at radius 3 is 2.25 bits per heavy atom. The molecule has 0 aliphatic heterocycles. The Bertz CT molecular complexity index is 525. The Labute approximate surface area is 106 Å². The van der Waals surface area contributed by atoms with Crippen LogP contribution in [0.1, 0.15) is 0 Å². The molecule has 2 rings (SSSR count). The third kappa shape index (κ3) is 2.43. The van der Waals surface area contributed by atoms with Crippen LogP contribution in [0.5, 0.6) is 0 Å². The number of benzene rings is 1. The second kappa shape index (κ2) is 4.53. The summed E-state index contributed by atoms with van der Waals surface area (Å²) in [7, 11) is 0. The lowest BCUT2D eigenvalue weighted by molar-refractivity contribution is 0.618. The second-order valence-electron chi connectivity index (χ2n) is 2.99. The van der Waals surface area contributed by atoms with E-state index in [0.717, 1.165) is 6.20 Å². The largest absolute Gasteiger partial charge is 0.223 e. The first-order chi connectivity index (χ1) is 7.56. The molecule has 0 fully saturated rings. The predicted octanol–water partition coefficient (Wildman–Crippen LogP) is 4.24. The summed E-state index contributed by atoms with van der Waals surface area (Å²) in [6, 6.07) is 4.65. The van der Waals surface area contributed by atoms with E-state index in [1.54, 1.807) is 18.2 Å². The molecule has 0 spiro atoms. The highest BCUT2D eigenvalue weighted by Gasteiger charge is 2.10. The topological polar surface area (TPSA) is 25.8 Å². The fourth-order valence-corrected chi connectivity index (χ4v) is 1.90. The van der Waals surface area contributed by atoms with Crippen LogP contribution in [-0.2, 0) is 0 Å². The number of nitrogens with zero attached hydrogens (tertiary/aromatic N) is 2. The van der Waals surface area contributed by atoms with Gasteiger partial charge in [0.25, 0.3) is 0 Å². The van der Waals surface area contributed by atoms with Crippen LogP contribution < -0.4 is 0 Å². The van der Waals surface area contributed by atoms with E-state index in [-0.39, 0.29) is 11.0 Å². The highest BCUT2D eigenvalue weighted by molar-refractivity contribution is 6.35. The Hall–Kier alpha value is -0.900. The van der Waals surface area contributed by atoms with Crippen LogP contribution in [-0.4, -0.2) is 9.97 Å². The summed E-state index contributed by atoms with van der Waals surface area (Å²) in [6.07, 6.45) is 0.999. The monoisotopic (exact) mass is 276 g/mol. The zero-order chi connectivity index (χ0) is 11.7. The molecule has 1 heterocycles. The van der Waals surface area contributed by atoms with Crippen molar-refractivity contribution in [3.63, 3.8) is 0 Å². The van der Waals surface area contributed by atoms with Crippen LogP contribution in [0.4, 0.5) is 4.39 Å². The normalized spacial score (nSPS) is 10.5. The van der Waals surface area contributed by atoms with E-state index >= 15 is 0 Å². The second-order valence-corrected chi connectivity index (χ2v) is 4.20. The number of hydrogen-bond acceptors (Lipinski definition) is 2. The molecule has 0 saturated carbocycles. The number of aromatic nitrogens is 2. The lowest BCUT2D eigenvalue weighted by Gasteiger charge is -2.03. The van der Waals surface area contributed by atoms with Gasteiger partial charge in [-0.2, -0.15) is 0 Å². The van der Waals surface area contributed by atoms with Crippen molar-refractivity contribution in [1.29, 1.82) is 0 Å². The minimum absolute atomic E-state index is 0.0347. The van der Waals surface area contributed by atoms with Gasteiger partial charge in [0.15, 0.2) is 5.82 Å². The number of rotatable bonds is 1. The van der Waals surface area contributed by atoms with Gasteiger partial charge in [-0.05, 0) is 29.8 Å². The van der Waals surface area contributed by atoms with Gasteiger partial charge in [-0.3, -0.25) is 0 Å². The molecule has 0 atom stereocenters. The van der Waals surface area contributed by atoms with E-state index in [4.69, 9.17) is 34.8 Å². The molecule has 0 radical (unpaired) electrons. The van der Waals surface area contributed by atoms with Crippen LogP contribution in [0, 0.1) is 5.82 Å². The third-order valence-corrected chi connectivity index (χ3v) is 2.47. The van der Waals surface area contributed by atoms with Crippen LogP contribution in [0.25, 0.3) is 11.3 Å². The van der Waals surface area contributed by atoms with Gasteiger partial charge >= 0.3 is 0 Å². The average molecular weight is 278 g/mol. The Balaban J connectivity index is 2.62. The van der Waals surface area contributed by atoms with Gasteiger partial charge in [-0.1, -0.05) is 23.2 Å². The molecule has 82 valence electrons. The molecule has 0 bridgehead atoms. The molecule has 0 unspecified atom stereocenters. The van der Waals surface area contributed by atoms with Gasteiger partial charge < -0.3 is 0 Å². The van der Waals surface area contributed by atoms with Gasteiger partial charge in [0.2, 0.25) is 5.28 Å². The van der Waals surface area contributed by atoms with E-state index in [2.05, 4.69) is 9.97 Å². The van der Waals surface area contributed by atoms with E-state index < -0.39 is 5.82 Å². The quantitative estimate of drug-likeness (QED) is 0.729. The van der Waals surface area contributed by atoms with Crippen LogP contribution in [0.2, 0.25) is 15.3 Å². The summed E-state index contributed by atoms with van der Waals surface area (Å²) in [6.45, 7) is 0. The van der Waals surface area contributed by atoms with E-state index in [0.29, 0.717) is 15.6 Å². The zero-order valence-electron chi connectivity index (χ0n) is 7.72. The van der Waals surface area contributed by atoms with E-state index in [1.165, 1.54) is 0 Å². The van der Waals surface area contributed by atoms with Crippen LogP contribution in [0.3, 0.4) is 0 Å². The highest BCUT2D eigenvalue weighted by atomic mass is 35.5. The molecule has 2 aromatic rings. The molecular formula is C10H4Cl3FN2. The Morgan fingerprint density at radius 1 is 1.00 bits per heavy atom. The molecule has 0 aliphatic carbocycles. The van der Waals surface area contributed by atoms with E-state index in [1.807, 2.05) is 0 Å². The molecule has 6 heteroatoms. The first-order valence-electron chi connectivity index (χ1n) is 4.21. The minimum Gasteiger partial charge on any atom is -0.223 e. The Morgan fingerprint density at radius 2 is 1.62 bits per heavy atom. The van der Waals surface area contributed by atoms with Gasteiger partial charge in [0, 0.05) is 15.6 Å². The number of hydrogen-bond donors (Lipinski definition) is 0. The summed E-state index contributed by atoms with van der Waals surface area (Å²) in [4.78, 5) is 7.31. The lowest BCUT2D eigenvalue weighted by Crippen LogP contribution is -1.92. The first kappa shape index (κ1) is 11.6. The zero-order valence-corrected chi connectivity index (χ0v) is 9.98. The molecule has 0 saturated heterocycles. The van der Waals surface area contributed by atoms with Crippen molar-refractivity contribution < 1.29 is 4.39 Å². The molecule has 1 aromatic heterocycles. The summed E-state index contributed by atoms with van der Waals surface area (Å²) >= 11 is 17.2. The maximum absolute atomic E-state index is 13.4. The van der Waals surface area contributed by atoms with Crippen molar-refractivity contribution in [1.82, 2.24) is 9.97 Å². The fourth-order valence-electron chi connectivity index (χ4n) is 1.24. The third-order valence-electron chi connectivity index (χ3n) is 1.85. The van der Waals surface area contributed by atoms with Gasteiger partial charge in [-0.25, -0.2) is 14.4 Å². The molecule has 0 N–H and O–H groups in total. The van der Waals surface area contributed by atoms with Crippen LogP contribution >= 0.6 is 34.8 Å². The maximum atomic E-state index is 13.4. The predicted molar refractivity (Wildman–Crippen MR) is 62.5 cm³/mol. The smallest absolute Gasteiger partial charge is 0.223 e. The lowest BCUT2D eigenvalue weighted by atomic mass is 10.1. The summed E-state index contributed by atoms with van der Waals surface area (Å²) in [5.41, 5.74) is 0.531. The van der Waals surface area contributed by atoms with Crippen LogP contribution in [0.15, 0.2) is 24.4 Å². The minimum atomic E-state index is -0.581. The molecular weight excluding hydrogens is 273 g/mol. The highest BCUT2D eigenvalue weighted by Crippen LogP contribution is 2.27. The molecule has 16 heavy (non-hydrogen) atoms. The van der Waals surface area contributed by atoms with E-state index in [9.17, 15) is 4.39 Å². The van der Waals surface area contributed by atoms with Crippen molar-refractivity contribution in [2.75, 3.05) is 0 Å². The van der Waals surface area contributed by atoms with Crippen molar-refractivity contribution in [2.45, 2.75) is 0 Å². The maximum Gasteiger partial charge on any atom is 0.223 e. The van der Waals surface area contributed by atoms with Gasteiger partial charge in [0.1, 0.15) is 5.69 Å². The number of halogens is 4. The molecule has 0 amide bonds. The Kier molecular flexibility index (Phi) is 3.28. The van der Waals surface area contributed by atoms with Crippen molar-refractivity contribution in [3.8, 4) is 11.3 Å². The van der Waals surface area contributed by atoms with Crippen molar-refractivity contribution in [2.24, 2.45) is 0 Å². The average Bonchev–Trinajstić information content (AvgIpc) is 2.20. The fraction of sp³-hybridized carbons (Fsp3) is 0. The summed E-state index contributed by atoms with van der Waals surface area (Å²) in [5, 5.41) is 0.765. The summed E-state index contributed by atoms with van der Waals surface area (Å²) in [5.74, 6) is -0.581. The van der Waals surface area contributed by atoms with Gasteiger partial charge in [0.05, 0.1) is 6.20 Å². The summed E-state index contributed by atoms with van der Waals surface area (Å²) < 4.78 is 13.4. The van der Waals surface area contributed by atoms with Crippen molar-refractivity contribution in [3.05, 3.63) is 45.5 Å². The molecule has 2 nitrogen and oxygen atoms in total. The standard InChI is InChI=1S/C10H4Cl3FN2/c11-6-1-5(2-7(12)3-6)9-8(14)4-15-10(13)16-9/h1-4H. The SMILES string of the molecule is Fc1cnc(Cl)nc1-c1cc(Cl)cc(Cl)c1.